The van der Waals surface area contributed by atoms with E-state index in [0.717, 1.165) is 12.0 Å². The predicted molar refractivity (Wildman–Crippen MR) is 99.4 cm³/mol. The summed E-state index contributed by atoms with van der Waals surface area (Å²) in [6.07, 6.45) is 1.76. The van der Waals surface area contributed by atoms with E-state index in [1.165, 1.54) is 18.0 Å². The average molecular weight is 357 g/mol. The molecule has 0 N–H and O–H groups in total. The number of anilines is 1. The lowest BCUT2D eigenvalue weighted by atomic mass is 10.0. The first-order chi connectivity index (χ1) is 12.5. The van der Waals surface area contributed by atoms with Gasteiger partial charge in [-0.15, -0.1) is 0 Å². The van der Waals surface area contributed by atoms with Gasteiger partial charge in [-0.1, -0.05) is 55.8 Å². The molecular formula is C21H24FNO3. The van der Waals surface area contributed by atoms with Gasteiger partial charge < -0.3 is 9.64 Å². The number of carbonyl (C=O) groups excluding carboxylic acids is 2. The fourth-order valence-electron chi connectivity index (χ4n) is 2.68. The molecule has 0 amide bonds. The summed E-state index contributed by atoms with van der Waals surface area (Å²) in [7, 11) is 1.54. The number of carbonyl (C=O) groups is 2. The third kappa shape index (κ3) is 5.15. The highest BCUT2D eigenvalue weighted by atomic mass is 19.1. The number of esters is 1. The van der Waals surface area contributed by atoms with E-state index in [0.29, 0.717) is 6.42 Å². The molecule has 0 aliphatic carbocycles. The number of unbranched alkanes of at least 4 members (excludes halogenated alkanes) is 1. The molecule has 0 saturated carbocycles. The number of rotatable bonds is 9. The van der Waals surface area contributed by atoms with Crippen LogP contribution < -0.4 is 4.90 Å². The monoisotopic (exact) mass is 357 g/mol. The van der Waals surface area contributed by atoms with Gasteiger partial charge in [0.05, 0.1) is 5.69 Å². The minimum Gasteiger partial charge on any atom is -0.459 e. The molecule has 2 rings (SSSR count). The first-order valence-corrected chi connectivity index (χ1v) is 8.75. The van der Waals surface area contributed by atoms with Crippen molar-refractivity contribution in [2.24, 2.45) is 0 Å². The molecular weight excluding hydrogens is 333 g/mol. The number of likely N-dealkylation sites (N-methyl/N-ethyl adjacent to an activating group) is 1. The number of Topliss-reactive ketones (excluding diaryl/α,β-unsaturated/α-hetero) is 1. The van der Waals surface area contributed by atoms with E-state index in [1.807, 2.05) is 37.3 Å². The van der Waals surface area contributed by atoms with Crippen LogP contribution >= 0.6 is 0 Å². The van der Waals surface area contributed by atoms with Gasteiger partial charge in [-0.05, 0) is 24.1 Å². The van der Waals surface area contributed by atoms with Crippen LogP contribution in [0.4, 0.5) is 10.1 Å². The van der Waals surface area contributed by atoms with Crippen molar-refractivity contribution in [3.63, 3.8) is 0 Å². The fourth-order valence-corrected chi connectivity index (χ4v) is 2.68. The summed E-state index contributed by atoms with van der Waals surface area (Å²) in [6.45, 7) is 2.04. The Morgan fingerprint density at radius 3 is 2.38 bits per heavy atom. The summed E-state index contributed by atoms with van der Waals surface area (Å²) in [5.74, 6) is -1.42. The van der Waals surface area contributed by atoms with E-state index in [1.54, 1.807) is 18.2 Å². The molecule has 1 atom stereocenters. The lowest BCUT2D eigenvalue weighted by Gasteiger charge is -2.27. The van der Waals surface area contributed by atoms with Crippen LogP contribution in [-0.2, 0) is 20.9 Å². The Labute approximate surface area is 153 Å². The van der Waals surface area contributed by atoms with Gasteiger partial charge in [0.15, 0.2) is 11.8 Å². The summed E-state index contributed by atoms with van der Waals surface area (Å²) in [5.41, 5.74) is 1.02. The standard InChI is InChI=1S/C21H24FNO3/c1-3-4-14-19(24)20(23(2)18-13-9-8-12-17(18)22)21(25)26-15-16-10-6-5-7-11-16/h5-13,20H,3-4,14-15H2,1-2H3. The number of para-hydroxylation sites is 1. The SMILES string of the molecule is CCCCC(=O)C(C(=O)OCc1ccccc1)N(C)c1ccccc1F. The predicted octanol–water partition coefficient (Wildman–Crippen LogP) is 4.13. The van der Waals surface area contributed by atoms with Crippen LogP contribution in [0.15, 0.2) is 54.6 Å². The Hall–Kier alpha value is -2.69. The molecule has 0 aliphatic heterocycles. The second-order valence-electron chi connectivity index (χ2n) is 6.13. The molecule has 0 saturated heterocycles. The molecule has 138 valence electrons. The minimum atomic E-state index is -1.16. The molecule has 0 aromatic heterocycles. The summed E-state index contributed by atoms with van der Waals surface area (Å²) in [4.78, 5) is 26.6. The molecule has 2 aromatic carbocycles. The van der Waals surface area contributed by atoms with Gasteiger partial charge in [0.25, 0.3) is 0 Å². The van der Waals surface area contributed by atoms with Crippen LogP contribution in [0.5, 0.6) is 0 Å². The number of nitrogens with zero attached hydrogens (tertiary/aromatic N) is 1. The molecule has 0 heterocycles. The van der Waals surface area contributed by atoms with Crippen LogP contribution in [0.25, 0.3) is 0 Å². The molecule has 0 bridgehead atoms. The highest BCUT2D eigenvalue weighted by Crippen LogP contribution is 2.21. The van der Waals surface area contributed by atoms with Gasteiger partial charge in [0.1, 0.15) is 12.4 Å². The minimum absolute atomic E-state index is 0.0718. The molecule has 0 fully saturated rings. The molecule has 4 nitrogen and oxygen atoms in total. The van der Waals surface area contributed by atoms with Gasteiger partial charge >= 0.3 is 5.97 Å². The zero-order valence-electron chi connectivity index (χ0n) is 15.2. The zero-order chi connectivity index (χ0) is 18.9. The Morgan fingerprint density at radius 1 is 1.08 bits per heavy atom. The number of ketones is 1. The van der Waals surface area contributed by atoms with E-state index in [-0.39, 0.29) is 24.5 Å². The molecule has 1 unspecified atom stereocenters. The van der Waals surface area contributed by atoms with Crippen molar-refractivity contribution < 1.29 is 18.7 Å². The molecule has 26 heavy (non-hydrogen) atoms. The summed E-state index contributed by atoms with van der Waals surface area (Å²) >= 11 is 0. The highest BCUT2D eigenvalue weighted by Gasteiger charge is 2.33. The number of halogens is 1. The summed E-state index contributed by atoms with van der Waals surface area (Å²) < 4.78 is 19.5. The van der Waals surface area contributed by atoms with Gasteiger partial charge in [-0.3, -0.25) is 4.79 Å². The van der Waals surface area contributed by atoms with E-state index in [4.69, 9.17) is 4.74 Å². The largest absolute Gasteiger partial charge is 0.459 e. The van der Waals surface area contributed by atoms with Crippen LogP contribution in [0.2, 0.25) is 0 Å². The van der Waals surface area contributed by atoms with Crippen molar-refractivity contribution in [2.45, 2.75) is 38.8 Å². The van der Waals surface area contributed by atoms with Crippen molar-refractivity contribution in [3.8, 4) is 0 Å². The number of ether oxygens (including phenoxy) is 1. The molecule has 0 radical (unpaired) electrons. The Kier molecular flexibility index (Phi) is 7.33. The zero-order valence-corrected chi connectivity index (χ0v) is 15.2. The van der Waals surface area contributed by atoms with Gasteiger partial charge in [0.2, 0.25) is 0 Å². The maximum absolute atomic E-state index is 14.1. The molecule has 2 aromatic rings. The van der Waals surface area contributed by atoms with Crippen molar-refractivity contribution in [3.05, 3.63) is 66.0 Å². The number of hydrogen-bond acceptors (Lipinski definition) is 4. The van der Waals surface area contributed by atoms with E-state index in [2.05, 4.69) is 0 Å². The lowest BCUT2D eigenvalue weighted by Crippen LogP contribution is -2.46. The third-order valence-corrected chi connectivity index (χ3v) is 4.15. The third-order valence-electron chi connectivity index (χ3n) is 4.15. The van der Waals surface area contributed by atoms with Gasteiger partial charge in [-0.25, -0.2) is 9.18 Å². The Balaban J connectivity index is 2.18. The van der Waals surface area contributed by atoms with E-state index >= 15 is 0 Å². The van der Waals surface area contributed by atoms with Crippen molar-refractivity contribution >= 4 is 17.4 Å². The number of benzene rings is 2. The second-order valence-corrected chi connectivity index (χ2v) is 6.13. The van der Waals surface area contributed by atoms with Crippen molar-refractivity contribution in [1.29, 1.82) is 0 Å². The van der Waals surface area contributed by atoms with Crippen LogP contribution in [0.1, 0.15) is 31.7 Å². The number of hydrogen-bond donors (Lipinski definition) is 0. The maximum atomic E-state index is 14.1. The van der Waals surface area contributed by atoms with Crippen LogP contribution in [0.3, 0.4) is 0 Å². The van der Waals surface area contributed by atoms with E-state index in [9.17, 15) is 14.0 Å². The van der Waals surface area contributed by atoms with Crippen LogP contribution in [0, 0.1) is 5.82 Å². The van der Waals surface area contributed by atoms with Crippen molar-refractivity contribution in [1.82, 2.24) is 0 Å². The lowest BCUT2D eigenvalue weighted by molar-refractivity contribution is -0.149. The molecule has 0 aliphatic rings. The fraction of sp³-hybridized carbons (Fsp3) is 0.333. The van der Waals surface area contributed by atoms with Gasteiger partial charge in [0, 0.05) is 13.5 Å². The Bertz CT molecular complexity index is 733. The average Bonchev–Trinajstić information content (AvgIpc) is 2.66. The molecule has 5 heteroatoms. The van der Waals surface area contributed by atoms with Crippen molar-refractivity contribution in [2.75, 3.05) is 11.9 Å². The summed E-state index contributed by atoms with van der Waals surface area (Å²) in [5, 5.41) is 0. The Morgan fingerprint density at radius 2 is 1.73 bits per heavy atom. The quantitative estimate of drug-likeness (QED) is 0.500. The highest BCUT2D eigenvalue weighted by molar-refractivity contribution is 6.06. The topological polar surface area (TPSA) is 46.6 Å². The molecule has 0 spiro atoms. The van der Waals surface area contributed by atoms with Gasteiger partial charge in [-0.2, -0.15) is 0 Å². The smallest absolute Gasteiger partial charge is 0.336 e. The summed E-state index contributed by atoms with van der Waals surface area (Å²) in [6, 6.07) is 14.1. The first kappa shape index (κ1) is 19.6. The first-order valence-electron chi connectivity index (χ1n) is 8.75. The van der Waals surface area contributed by atoms with Crippen LogP contribution in [-0.4, -0.2) is 24.8 Å². The van der Waals surface area contributed by atoms with E-state index < -0.39 is 17.8 Å². The normalized spacial score (nSPS) is 11.7. The second kappa shape index (κ2) is 9.70. The maximum Gasteiger partial charge on any atom is 0.336 e.